The Kier molecular flexibility index (Phi) is 8.96. The van der Waals surface area contributed by atoms with Crippen LogP contribution < -0.4 is 9.47 Å². The highest BCUT2D eigenvalue weighted by Gasteiger charge is 2.50. The number of allylic oxidation sites excluding steroid dienone is 4. The molecule has 2 aromatic rings. The van der Waals surface area contributed by atoms with Gasteiger partial charge in [-0.3, -0.25) is 9.59 Å². The highest BCUT2D eigenvalue weighted by molar-refractivity contribution is 14.1. The fraction of sp³-hybridized carbons (Fsp3) is 0.526. The Hall–Kier alpha value is -2.68. The average Bonchev–Trinajstić information content (AvgIpc) is 2.96. The summed E-state index contributed by atoms with van der Waals surface area (Å²) < 4.78 is 27.6. The molecular formula is C38H45FINO4. The zero-order valence-corrected chi connectivity index (χ0v) is 29.4. The molecule has 0 atom stereocenters. The van der Waals surface area contributed by atoms with Crippen LogP contribution in [-0.4, -0.2) is 29.1 Å². The minimum Gasteiger partial charge on any atom is -0.490 e. The monoisotopic (exact) mass is 725 g/mol. The molecule has 0 unspecified atom stereocenters. The summed E-state index contributed by atoms with van der Waals surface area (Å²) in [6.07, 6.45) is 8.30. The summed E-state index contributed by atoms with van der Waals surface area (Å²) >= 11 is 2.24. The number of rotatable bonds is 7. The van der Waals surface area contributed by atoms with Crippen molar-refractivity contribution in [3.05, 3.63) is 79.5 Å². The maximum atomic E-state index is 14.4. The molecule has 1 aliphatic heterocycles. The number of Topliss-reactive ketones (excluding diaryl/α,β-unsaturated/α-hetero) is 2. The molecule has 1 fully saturated rings. The first kappa shape index (κ1) is 32.3. The number of nitrogens with zero attached hydrogens (tertiary/aromatic N) is 1. The van der Waals surface area contributed by atoms with E-state index in [0.29, 0.717) is 42.6 Å². The first-order chi connectivity index (χ1) is 21.4. The molecule has 0 bridgehead atoms. The van der Waals surface area contributed by atoms with Crippen LogP contribution >= 0.6 is 22.6 Å². The topological polar surface area (TPSA) is 55.8 Å². The molecular weight excluding hydrogens is 680 g/mol. The summed E-state index contributed by atoms with van der Waals surface area (Å²) in [5.74, 6) is 0.605. The zero-order valence-electron chi connectivity index (χ0n) is 27.2. The van der Waals surface area contributed by atoms with Gasteiger partial charge in [-0.25, -0.2) is 4.39 Å². The Morgan fingerprint density at radius 2 is 1.47 bits per heavy atom. The van der Waals surface area contributed by atoms with Gasteiger partial charge in [-0.05, 0) is 89.8 Å². The summed E-state index contributed by atoms with van der Waals surface area (Å²) in [5.41, 5.74) is 4.88. The molecule has 3 aliphatic carbocycles. The van der Waals surface area contributed by atoms with Gasteiger partial charge in [-0.15, -0.1) is 0 Å². The molecule has 0 saturated heterocycles. The third kappa shape index (κ3) is 6.35. The Labute approximate surface area is 280 Å². The molecule has 1 saturated carbocycles. The van der Waals surface area contributed by atoms with E-state index in [4.69, 9.17) is 9.47 Å². The van der Waals surface area contributed by atoms with Crippen LogP contribution in [0.15, 0.2) is 58.9 Å². The van der Waals surface area contributed by atoms with E-state index in [2.05, 4.69) is 55.2 Å². The van der Waals surface area contributed by atoms with Gasteiger partial charge in [0, 0.05) is 52.9 Å². The van der Waals surface area contributed by atoms with Crippen LogP contribution in [0.4, 0.5) is 4.39 Å². The number of ketones is 2. The molecule has 1 heterocycles. The Bertz CT molecular complexity index is 1530. The van der Waals surface area contributed by atoms with E-state index in [-0.39, 0.29) is 34.8 Å². The quantitative estimate of drug-likeness (QED) is 0.267. The molecule has 2 aromatic carbocycles. The van der Waals surface area contributed by atoms with E-state index < -0.39 is 5.92 Å². The Balaban J connectivity index is 1.52. The van der Waals surface area contributed by atoms with Gasteiger partial charge in [0.05, 0.1) is 10.2 Å². The maximum absolute atomic E-state index is 14.4. The van der Waals surface area contributed by atoms with Gasteiger partial charge in [0.25, 0.3) is 0 Å². The smallest absolute Gasteiger partial charge is 0.174 e. The van der Waals surface area contributed by atoms with Gasteiger partial charge in [-0.2, -0.15) is 0 Å². The van der Waals surface area contributed by atoms with Crippen molar-refractivity contribution in [3.8, 4) is 11.5 Å². The van der Waals surface area contributed by atoms with Gasteiger partial charge in [0.2, 0.25) is 0 Å². The average molecular weight is 726 g/mol. The molecule has 0 aromatic heterocycles. The summed E-state index contributed by atoms with van der Waals surface area (Å²) in [6, 6.07) is 10.9. The van der Waals surface area contributed by atoms with Crippen LogP contribution in [0.5, 0.6) is 11.5 Å². The first-order valence-corrected chi connectivity index (χ1v) is 17.6. The number of carbonyl (C=O) groups is 2. The van der Waals surface area contributed by atoms with Crippen molar-refractivity contribution in [2.24, 2.45) is 10.8 Å². The van der Waals surface area contributed by atoms with Crippen LogP contribution in [0.3, 0.4) is 0 Å². The first-order valence-electron chi connectivity index (χ1n) is 16.5. The number of carbonyl (C=O) groups excluding carboxylic acids is 2. The van der Waals surface area contributed by atoms with E-state index >= 15 is 0 Å². The molecule has 6 rings (SSSR count). The molecule has 5 nitrogen and oxygen atoms in total. The summed E-state index contributed by atoms with van der Waals surface area (Å²) in [6.45, 7) is 11.2. The lowest BCUT2D eigenvalue weighted by Crippen LogP contribution is -2.48. The molecule has 0 radical (unpaired) electrons. The standard InChI is InChI=1S/C38H45FINO4/c1-6-44-32-17-24(16-27(40)36(32)45-22-23-12-10-11-15-26(23)39)33-34-28(18-37(2,3)20-30(34)42)41(25-13-8-7-9-14-25)29-19-38(4,5)21-31(43)35(29)33/h10-12,15-17,25,33H,6-9,13-14,18-22H2,1-5H3. The van der Waals surface area contributed by atoms with Crippen LogP contribution in [0.2, 0.25) is 0 Å². The Morgan fingerprint density at radius 1 is 0.867 bits per heavy atom. The maximum Gasteiger partial charge on any atom is 0.174 e. The lowest BCUT2D eigenvalue weighted by molar-refractivity contribution is -0.119. The predicted octanol–water partition coefficient (Wildman–Crippen LogP) is 9.43. The second-order valence-corrected chi connectivity index (χ2v) is 16.0. The Morgan fingerprint density at radius 3 is 2.04 bits per heavy atom. The van der Waals surface area contributed by atoms with Crippen molar-refractivity contribution in [2.45, 2.75) is 111 Å². The number of hydrogen-bond acceptors (Lipinski definition) is 5. The molecule has 0 N–H and O–H groups in total. The molecule has 4 aliphatic rings. The lowest BCUT2D eigenvalue weighted by atomic mass is 9.63. The van der Waals surface area contributed by atoms with Gasteiger partial charge >= 0.3 is 0 Å². The molecule has 7 heteroatoms. The summed E-state index contributed by atoms with van der Waals surface area (Å²) in [4.78, 5) is 31.1. The van der Waals surface area contributed by atoms with Crippen LogP contribution in [0.1, 0.15) is 109 Å². The van der Waals surface area contributed by atoms with Crippen molar-refractivity contribution in [1.29, 1.82) is 0 Å². The van der Waals surface area contributed by atoms with Crippen molar-refractivity contribution >= 4 is 34.2 Å². The van der Waals surface area contributed by atoms with Gasteiger partial charge in [0.1, 0.15) is 12.4 Å². The number of ether oxygens (including phenoxy) is 2. The third-order valence-corrected chi connectivity index (χ3v) is 10.7. The van der Waals surface area contributed by atoms with Crippen molar-refractivity contribution in [2.75, 3.05) is 6.61 Å². The van der Waals surface area contributed by atoms with E-state index in [0.717, 1.165) is 57.4 Å². The molecule has 45 heavy (non-hydrogen) atoms. The number of benzene rings is 2. The van der Waals surface area contributed by atoms with Crippen LogP contribution in [-0.2, 0) is 16.2 Å². The predicted molar refractivity (Wildman–Crippen MR) is 183 cm³/mol. The van der Waals surface area contributed by atoms with Gasteiger partial charge in [-0.1, -0.05) is 65.2 Å². The second-order valence-electron chi connectivity index (χ2n) is 14.8. The fourth-order valence-corrected chi connectivity index (χ4v) is 8.81. The second kappa shape index (κ2) is 12.5. The fourth-order valence-electron chi connectivity index (χ4n) is 8.03. The largest absolute Gasteiger partial charge is 0.490 e. The van der Waals surface area contributed by atoms with Crippen LogP contribution in [0, 0.1) is 20.2 Å². The SMILES string of the molecule is CCOc1cc(C2C3=C(CC(C)(C)CC3=O)N(C3CCCCC3)C3=C2C(=O)CC(C)(C)C3)cc(I)c1OCc1ccccc1F. The molecule has 0 spiro atoms. The normalized spacial score (nSPS) is 22.0. The van der Waals surface area contributed by atoms with Crippen molar-refractivity contribution in [1.82, 2.24) is 4.90 Å². The van der Waals surface area contributed by atoms with Gasteiger partial charge in [0.15, 0.2) is 23.1 Å². The van der Waals surface area contributed by atoms with Gasteiger partial charge < -0.3 is 14.4 Å². The van der Waals surface area contributed by atoms with E-state index in [1.165, 1.54) is 25.3 Å². The minimum atomic E-state index is -0.449. The minimum absolute atomic E-state index is 0.0631. The van der Waals surface area contributed by atoms with Crippen LogP contribution in [0.25, 0.3) is 0 Å². The van der Waals surface area contributed by atoms with E-state index in [1.807, 2.05) is 19.1 Å². The molecule has 0 amide bonds. The van der Waals surface area contributed by atoms with Crippen molar-refractivity contribution < 1.29 is 23.5 Å². The highest BCUT2D eigenvalue weighted by Crippen LogP contribution is 2.56. The molecule has 240 valence electrons. The zero-order chi connectivity index (χ0) is 32.1. The highest BCUT2D eigenvalue weighted by atomic mass is 127. The lowest BCUT2D eigenvalue weighted by Gasteiger charge is -2.52. The summed E-state index contributed by atoms with van der Waals surface area (Å²) in [5, 5.41) is 0. The van der Waals surface area contributed by atoms with E-state index in [9.17, 15) is 14.0 Å². The van der Waals surface area contributed by atoms with E-state index in [1.54, 1.807) is 18.2 Å². The number of hydrogen-bond donors (Lipinski definition) is 0. The number of halogens is 2. The van der Waals surface area contributed by atoms with Crippen molar-refractivity contribution in [3.63, 3.8) is 0 Å². The summed E-state index contributed by atoms with van der Waals surface area (Å²) in [7, 11) is 0. The third-order valence-electron chi connectivity index (χ3n) is 9.89.